The van der Waals surface area contributed by atoms with Gasteiger partial charge < -0.3 is 10.1 Å². The van der Waals surface area contributed by atoms with Crippen LogP contribution in [0.4, 0.5) is 5.69 Å². The van der Waals surface area contributed by atoms with E-state index in [4.69, 9.17) is 4.74 Å². The second-order valence-corrected chi connectivity index (χ2v) is 6.80. The topological polar surface area (TPSA) is 69.0 Å². The van der Waals surface area contributed by atoms with Crippen LogP contribution in [0.25, 0.3) is 17.1 Å². The SMILES string of the molecule is CCOc1nc(-c2ccc(C)cc2)n(-c2ccc(NC(=O)c3ccccc3)cc2)n1. The molecule has 0 unspecified atom stereocenters. The molecule has 0 saturated heterocycles. The van der Waals surface area contributed by atoms with Crippen molar-refractivity contribution in [1.29, 1.82) is 0 Å². The van der Waals surface area contributed by atoms with E-state index in [0.29, 0.717) is 29.7 Å². The number of benzene rings is 3. The van der Waals surface area contributed by atoms with Gasteiger partial charge in [-0.25, -0.2) is 4.68 Å². The van der Waals surface area contributed by atoms with Crippen LogP contribution in [0.1, 0.15) is 22.8 Å². The standard InChI is InChI=1S/C24H22N4O2/c1-3-30-24-26-22(18-11-9-17(2)10-12-18)28(27-24)21-15-13-20(14-16-21)25-23(29)19-7-5-4-6-8-19/h4-16H,3H2,1-2H3,(H,25,29). The Bertz CT molecular complexity index is 1130. The van der Waals surface area contributed by atoms with E-state index in [9.17, 15) is 4.79 Å². The number of aryl methyl sites for hydroxylation is 1. The van der Waals surface area contributed by atoms with E-state index in [0.717, 1.165) is 11.3 Å². The predicted molar refractivity (Wildman–Crippen MR) is 117 cm³/mol. The molecule has 1 N–H and O–H groups in total. The van der Waals surface area contributed by atoms with Crippen LogP contribution in [0, 0.1) is 6.92 Å². The Kier molecular flexibility index (Phi) is 5.57. The molecule has 0 spiro atoms. The molecular weight excluding hydrogens is 376 g/mol. The lowest BCUT2D eigenvalue weighted by Crippen LogP contribution is -2.11. The van der Waals surface area contributed by atoms with E-state index in [1.54, 1.807) is 16.8 Å². The van der Waals surface area contributed by atoms with E-state index in [2.05, 4.69) is 15.4 Å². The van der Waals surface area contributed by atoms with Crippen molar-refractivity contribution < 1.29 is 9.53 Å². The van der Waals surface area contributed by atoms with Gasteiger partial charge in [0.2, 0.25) is 0 Å². The van der Waals surface area contributed by atoms with Gasteiger partial charge in [-0.3, -0.25) is 4.79 Å². The van der Waals surface area contributed by atoms with Crippen molar-refractivity contribution >= 4 is 11.6 Å². The Balaban J connectivity index is 1.62. The number of nitrogens with zero attached hydrogens (tertiary/aromatic N) is 3. The molecule has 0 aliphatic rings. The largest absolute Gasteiger partial charge is 0.463 e. The summed E-state index contributed by atoms with van der Waals surface area (Å²) in [5.74, 6) is 0.544. The molecule has 150 valence electrons. The first-order valence-corrected chi connectivity index (χ1v) is 9.78. The number of nitrogens with one attached hydrogen (secondary N) is 1. The molecule has 0 aliphatic carbocycles. The highest BCUT2D eigenvalue weighted by Gasteiger charge is 2.15. The summed E-state index contributed by atoms with van der Waals surface area (Å²) >= 11 is 0. The molecular formula is C24H22N4O2. The summed E-state index contributed by atoms with van der Waals surface area (Å²) in [5.41, 5.74) is 4.26. The Hall–Kier alpha value is -3.93. The van der Waals surface area contributed by atoms with Crippen LogP contribution in [0.5, 0.6) is 6.01 Å². The highest BCUT2D eigenvalue weighted by atomic mass is 16.5. The summed E-state index contributed by atoms with van der Waals surface area (Å²) < 4.78 is 7.27. The van der Waals surface area contributed by atoms with Crippen molar-refractivity contribution in [1.82, 2.24) is 14.8 Å². The third-order valence-corrected chi connectivity index (χ3v) is 4.58. The van der Waals surface area contributed by atoms with E-state index in [-0.39, 0.29) is 5.91 Å². The fourth-order valence-electron chi connectivity index (χ4n) is 3.03. The lowest BCUT2D eigenvalue weighted by molar-refractivity contribution is 0.102. The maximum atomic E-state index is 12.4. The van der Waals surface area contributed by atoms with Crippen molar-refractivity contribution in [3.63, 3.8) is 0 Å². The van der Waals surface area contributed by atoms with Gasteiger partial charge in [-0.05, 0) is 50.2 Å². The zero-order valence-corrected chi connectivity index (χ0v) is 16.9. The monoisotopic (exact) mass is 398 g/mol. The highest BCUT2D eigenvalue weighted by Crippen LogP contribution is 2.25. The molecule has 3 aromatic carbocycles. The second-order valence-electron chi connectivity index (χ2n) is 6.80. The zero-order chi connectivity index (χ0) is 20.9. The van der Waals surface area contributed by atoms with Crippen LogP contribution in [-0.2, 0) is 0 Å². The Morgan fingerprint density at radius 3 is 2.33 bits per heavy atom. The number of rotatable bonds is 6. The number of ether oxygens (including phenoxy) is 1. The number of carbonyl (C=O) groups excluding carboxylic acids is 1. The van der Waals surface area contributed by atoms with Crippen molar-refractivity contribution in [2.75, 3.05) is 11.9 Å². The van der Waals surface area contributed by atoms with E-state index in [1.807, 2.05) is 80.6 Å². The van der Waals surface area contributed by atoms with Crippen molar-refractivity contribution in [3.05, 3.63) is 90.0 Å². The molecule has 0 bridgehead atoms. The van der Waals surface area contributed by atoms with Gasteiger partial charge >= 0.3 is 6.01 Å². The Morgan fingerprint density at radius 1 is 0.967 bits per heavy atom. The molecule has 4 rings (SSSR count). The van der Waals surface area contributed by atoms with Crippen LogP contribution < -0.4 is 10.1 Å². The fraction of sp³-hybridized carbons (Fsp3) is 0.125. The molecule has 30 heavy (non-hydrogen) atoms. The van der Waals surface area contributed by atoms with Crippen LogP contribution >= 0.6 is 0 Å². The molecule has 0 saturated carbocycles. The average molecular weight is 398 g/mol. The molecule has 6 nitrogen and oxygen atoms in total. The first-order valence-electron chi connectivity index (χ1n) is 9.78. The third kappa shape index (κ3) is 4.22. The third-order valence-electron chi connectivity index (χ3n) is 4.58. The van der Waals surface area contributed by atoms with Gasteiger partial charge in [0.1, 0.15) is 0 Å². The zero-order valence-electron chi connectivity index (χ0n) is 16.9. The Labute approximate surface area is 175 Å². The minimum atomic E-state index is -0.150. The molecule has 1 aromatic heterocycles. The summed E-state index contributed by atoms with van der Waals surface area (Å²) in [6.45, 7) is 4.43. The molecule has 0 aliphatic heterocycles. The number of hydrogen-bond acceptors (Lipinski definition) is 4. The van der Waals surface area contributed by atoms with Gasteiger partial charge in [0.05, 0.1) is 12.3 Å². The molecule has 1 heterocycles. The summed E-state index contributed by atoms with van der Waals surface area (Å²) in [5, 5.41) is 7.41. The summed E-state index contributed by atoms with van der Waals surface area (Å²) in [6.07, 6.45) is 0. The smallest absolute Gasteiger partial charge is 0.336 e. The predicted octanol–water partition coefficient (Wildman–Crippen LogP) is 4.89. The molecule has 0 radical (unpaired) electrons. The van der Waals surface area contributed by atoms with Gasteiger partial charge in [0.15, 0.2) is 5.82 Å². The van der Waals surface area contributed by atoms with Gasteiger partial charge in [-0.2, -0.15) is 4.98 Å². The van der Waals surface area contributed by atoms with Crippen LogP contribution in [0.15, 0.2) is 78.9 Å². The number of amides is 1. The van der Waals surface area contributed by atoms with Crippen LogP contribution in [0.2, 0.25) is 0 Å². The average Bonchev–Trinajstić information content (AvgIpc) is 3.19. The minimum absolute atomic E-state index is 0.150. The first-order chi connectivity index (χ1) is 14.6. The maximum Gasteiger partial charge on any atom is 0.336 e. The van der Waals surface area contributed by atoms with Gasteiger partial charge in [0, 0.05) is 16.8 Å². The molecule has 0 fully saturated rings. The second kappa shape index (κ2) is 8.61. The van der Waals surface area contributed by atoms with Gasteiger partial charge in [0.25, 0.3) is 5.91 Å². The van der Waals surface area contributed by atoms with E-state index >= 15 is 0 Å². The van der Waals surface area contributed by atoms with E-state index in [1.165, 1.54) is 5.56 Å². The number of anilines is 1. The summed E-state index contributed by atoms with van der Waals surface area (Å²) in [6, 6.07) is 25.0. The fourth-order valence-corrected chi connectivity index (χ4v) is 3.03. The van der Waals surface area contributed by atoms with Crippen molar-refractivity contribution in [3.8, 4) is 23.1 Å². The molecule has 1 amide bonds. The van der Waals surface area contributed by atoms with Crippen molar-refractivity contribution in [2.24, 2.45) is 0 Å². The van der Waals surface area contributed by atoms with E-state index < -0.39 is 0 Å². The van der Waals surface area contributed by atoms with Crippen LogP contribution in [-0.4, -0.2) is 27.3 Å². The molecule has 6 heteroatoms. The normalized spacial score (nSPS) is 10.6. The molecule has 0 atom stereocenters. The number of carbonyl (C=O) groups is 1. The lowest BCUT2D eigenvalue weighted by atomic mass is 10.1. The van der Waals surface area contributed by atoms with Gasteiger partial charge in [-0.1, -0.05) is 48.0 Å². The maximum absolute atomic E-state index is 12.4. The minimum Gasteiger partial charge on any atom is -0.463 e. The first kappa shape index (κ1) is 19.4. The summed E-state index contributed by atoms with van der Waals surface area (Å²) in [4.78, 5) is 16.9. The Morgan fingerprint density at radius 2 is 1.67 bits per heavy atom. The summed E-state index contributed by atoms with van der Waals surface area (Å²) in [7, 11) is 0. The van der Waals surface area contributed by atoms with Crippen molar-refractivity contribution in [2.45, 2.75) is 13.8 Å². The number of aromatic nitrogens is 3. The quantitative estimate of drug-likeness (QED) is 0.502. The number of hydrogen-bond donors (Lipinski definition) is 1. The lowest BCUT2D eigenvalue weighted by Gasteiger charge is -2.09. The van der Waals surface area contributed by atoms with Gasteiger partial charge in [-0.15, -0.1) is 5.10 Å². The molecule has 4 aromatic rings. The van der Waals surface area contributed by atoms with Crippen LogP contribution in [0.3, 0.4) is 0 Å². The highest BCUT2D eigenvalue weighted by molar-refractivity contribution is 6.04.